The molecule has 0 aliphatic carbocycles. The molecule has 1 unspecified atom stereocenters. The van der Waals surface area contributed by atoms with Crippen LogP contribution in [0.3, 0.4) is 0 Å². The van der Waals surface area contributed by atoms with Crippen molar-refractivity contribution in [1.29, 1.82) is 0 Å². The zero-order valence-electron chi connectivity index (χ0n) is 12.5. The van der Waals surface area contributed by atoms with Gasteiger partial charge >= 0.3 is 5.97 Å². The highest BCUT2D eigenvalue weighted by atomic mass is 32.2. The number of hydrogen-bond donors (Lipinski definition) is 1. The van der Waals surface area contributed by atoms with Crippen molar-refractivity contribution in [2.45, 2.75) is 25.5 Å². The molecule has 1 aromatic rings. The molecular weight excluding hydrogens is 290 g/mol. The van der Waals surface area contributed by atoms with Gasteiger partial charge in [0.05, 0.1) is 5.75 Å². The maximum Gasteiger partial charge on any atom is 0.322 e. The summed E-state index contributed by atoms with van der Waals surface area (Å²) in [5.74, 6) is -1.41. The van der Waals surface area contributed by atoms with E-state index in [0.717, 1.165) is 18.7 Å². The topological polar surface area (TPSA) is 74.7 Å². The summed E-state index contributed by atoms with van der Waals surface area (Å²) in [4.78, 5) is 13.3. The van der Waals surface area contributed by atoms with E-state index < -0.39 is 21.1 Å². The van der Waals surface area contributed by atoms with E-state index in [9.17, 15) is 18.3 Å². The summed E-state index contributed by atoms with van der Waals surface area (Å²) < 4.78 is 24.6. The van der Waals surface area contributed by atoms with Crippen LogP contribution in [0.15, 0.2) is 30.3 Å². The van der Waals surface area contributed by atoms with Gasteiger partial charge in [-0.3, -0.25) is 4.79 Å². The number of carbonyl (C=O) groups is 1. The first-order chi connectivity index (χ1) is 9.90. The fourth-order valence-corrected chi connectivity index (χ4v) is 3.69. The lowest BCUT2D eigenvalue weighted by atomic mass is 10.1. The molecule has 0 saturated carbocycles. The Morgan fingerprint density at radius 3 is 2.24 bits per heavy atom. The van der Waals surface area contributed by atoms with Gasteiger partial charge in [0.15, 0.2) is 15.1 Å². The molecule has 0 aliphatic rings. The molecule has 0 bridgehead atoms. The van der Waals surface area contributed by atoms with E-state index in [1.54, 1.807) is 24.3 Å². The molecule has 6 heteroatoms. The molecule has 5 nitrogen and oxygen atoms in total. The van der Waals surface area contributed by atoms with E-state index in [0.29, 0.717) is 6.54 Å². The second kappa shape index (κ2) is 8.14. The first kappa shape index (κ1) is 17.7. The smallest absolute Gasteiger partial charge is 0.322 e. The highest BCUT2D eigenvalue weighted by Gasteiger charge is 2.32. The standard InChI is InChI=1S/C15H23NO4S/c1-3-16(4-2)10-11-21(19,20)14(15(17)18)12-13-8-6-5-7-9-13/h5-9,14H,3-4,10-12H2,1-2H3,(H,17,18). The Balaban J connectivity index is 2.81. The number of aliphatic carboxylic acids is 1. The summed E-state index contributed by atoms with van der Waals surface area (Å²) in [7, 11) is -3.68. The number of carboxylic acid groups (broad SMARTS) is 1. The third-order valence-corrected chi connectivity index (χ3v) is 5.55. The molecule has 1 aromatic carbocycles. The molecule has 0 spiro atoms. The Labute approximate surface area is 126 Å². The van der Waals surface area contributed by atoms with Crippen molar-refractivity contribution in [2.24, 2.45) is 0 Å². The van der Waals surface area contributed by atoms with Crippen LogP contribution < -0.4 is 0 Å². The number of benzene rings is 1. The highest BCUT2D eigenvalue weighted by molar-refractivity contribution is 7.92. The van der Waals surface area contributed by atoms with Crippen LogP contribution in [0.4, 0.5) is 0 Å². The Morgan fingerprint density at radius 2 is 1.76 bits per heavy atom. The predicted octanol–water partition coefficient (Wildman–Crippen LogP) is 1.44. The van der Waals surface area contributed by atoms with E-state index in [1.807, 2.05) is 24.8 Å². The average molecular weight is 313 g/mol. The van der Waals surface area contributed by atoms with E-state index in [-0.39, 0.29) is 12.2 Å². The largest absolute Gasteiger partial charge is 0.480 e. The van der Waals surface area contributed by atoms with Crippen LogP contribution in [0.5, 0.6) is 0 Å². The summed E-state index contributed by atoms with van der Waals surface area (Å²) in [5, 5.41) is 7.88. The van der Waals surface area contributed by atoms with Crippen LogP contribution in [0.25, 0.3) is 0 Å². The number of sulfone groups is 1. The van der Waals surface area contributed by atoms with Crippen LogP contribution in [-0.4, -0.2) is 55.0 Å². The quantitative estimate of drug-likeness (QED) is 0.746. The van der Waals surface area contributed by atoms with Crippen molar-refractivity contribution in [3.63, 3.8) is 0 Å². The lowest BCUT2D eigenvalue weighted by Gasteiger charge is -2.20. The summed E-state index contributed by atoms with van der Waals surface area (Å²) in [5.41, 5.74) is 0.719. The number of carboxylic acids is 1. The van der Waals surface area contributed by atoms with Gasteiger partial charge in [0.2, 0.25) is 0 Å². The molecule has 0 radical (unpaired) electrons. The Morgan fingerprint density at radius 1 is 1.19 bits per heavy atom. The fraction of sp³-hybridized carbons (Fsp3) is 0.533. The molecule has 1 atom stereocenters. The number of rotatable bonds is 9. The summed E-state index contributed by atoms with van der Waals surface area (Å²) in [6, 6.07) is 8.85. The Kier molecular flexibility index (Phi) is 6.84. The van der Waals surface area contributed by atoms with Crippen LogP contribution in [0.1, 0.15) is 19.4 Å². The van der Waals surface area contributed by atoms with Gasteiger partial charge in [-0.1, -0.05) is 44.2 Å². The average Bonchev–Trinajstić information content (AvgIpc) is 2.46. The molecule has 0 fully saturated rings. The fourth-order valence-electron chi connectivity index (χ4n) is 2.13. The second-order valence-corrected chi connectivity index (χ2v) is 7.21. The molecule has 0 aliphatic heterocycles. The van der Waals surface area contributed by atoms with Gasteiger partial charge in [-0.25, -0.2) is 8.42 Å². The van der Waals surface area contributed by atoms with Crippen LogP contribution in [-0.2, 0) is 21.1 Å². The first-order valence-corrected chi connectivity index (χ1v) is 8.82. The lowest BCUT2D eigenvalue weighted by molar-refractivity contribution is -0.136. The van der Waals surface area contributed by atoms with Crippen molar-refractivity contribution in [3.05, 3.63) is 35.9 Å². The SMILES string of the molecule is CCN(CC)CCS(=O)(=O)C(Cc1ccccc1)C(=O)O. The molecule has 0 heterocycles. The molecular formula is C15H23NO4S. The van der Waals surface area contributed by atoms with Crippen LogP contribution >= 0.6 is 0 Å². The Hall–Kier alpha value is -1.40. The van der Waals surface area contributed by atoms with Gasteiger partial charge in [-0.15, -0.1) is 0 Å². The summed E-state index contributed by atoms with van der Waals surface area (Å²) in [6.07, 6.45) is 0.0107. The van der Waals surface area contributed by atoms with Crippen molar-refractivity contribution in [1.82, 2.24) is 4.90 Å². The molecule has 1 N–H and O–H groups in total. The maximum atomic E-state index is 12.3. The van der Waals surface area contributed by atoms with Gasteiger partial charge in [0.1, 0.15) is 0 Å². The van der Waals surface area contributed by atoms with Gasteiger partial charge in [0, 0.05) is 6.54 Å². The zero-order chi connectivity index (χ0) is 15.9. The van der Waals surface area contributed by atoms with E-state index in [4.69, 9.17) is 0 Å². The molecule has 118 valence electrons. The van der Waals surface area contributed by atoms with Crippen molar-refractivity contribution in [2.75, 3.05) is 25.4 Å². The minimum Gasteiger partial charge on any atom is -0.480 e. The zero-order valence-corrected chi connectivity index (χ0v) is 13.3. The van der Waals surface area contributed by atoms with E-state index in [2.05, 4.69) is 0 Å². The van der Waals surface area contributed by atoms with Crippen molar-refractivity contribution >= 4 is 15.8 Å². The van der Waals surface area contributed by atoms with Gasteiger partial charge in [-0.05, 0) is 25.1 Å². The number of nitrogens with zero attached hydrogens (tertiary/aromatic N) is 1. The maximum absolute atomic E-state index is 12.3. The third-order valence-electron chi connectivity index (χ3n) is 3.56. The normalized spacial score (nSPS) is 13.3. The summed E-state index contributed by atoms with van der Waals surface area (Å²) >= 11 is 0. The molecule has 0 amide bonds. The molecule has 0 saturated heterocycles. The van der Waals surface area contributed by atoms with Crippen molar-refractivity contribution in [3.8, 4) is 0 Å². The van der Waals surface area contributed by atoms with Crippen LogP contribution in [0.2, 0.25) is 0 Å². The predicted molar refractivity (Wildman–Crippen MR) is 83.1 cm³/mol. The lowest BCUT2D eigenvalue weighted by Crippen LogP contribution is -2.38. The summed E-state index contributed by atoms with van der Waals surface area (Å²) in [6.45, 7) is 5.78. The van der Waals surface area contributed by atoms with Gasteiger partial charge in [0.25, 0.3) is 0 Å². The third kappa shape index (κ3) is 5.47. The Bertz CT molecular complexity index is 538. The van der Waals surface area contributed by atoms with Crippen molar-refractivity contribution < 1.29 is 18.3 Å². The molecule has 1 rings (SSSR count). The van der Waals surface area contributed by atoms with E-state index in [1.165, 1.54) is 0 Å². The van der Waals surface area contributed by atoms with E-state index >= 15 is 0 Å². The molecule has 21 heavy (non-hydrogen) atoms. The number of hydrogen-bond acceptors (Lipinski definition) is 4. The van der Waals surface area contributed by atoms with Gasteiger partial charge in [-0.2, -0.15) is 0 Å². The minimum atomic E-state index is -3.68. The first-order valence-electron chi connectivity index (χ1n) is 7.11. The highest BCUT2D eigenvalue weighted by Crippen LogP contribution is 2.12. The van der Waals surface area contributed by atoms with Crippen LogP contribution in [0, 0.1) is 0 Å². The minimum absolute atomic E-state index is 0.0107. The second-order valence-electron chi connectivity index (χ2n) is 4.91. The molecule has 0 aromatic heterocycles. The van der Waals surface area contributed by atoms with Gasteiger partial charge < -0.3 is 10.0 Å². The monoisotopic (exact) mass is 313 g/mol.